The highest BCUT2D eigenvalue weighted by Gasteiger charge is 2.23. The van der Waals surface area contributed by atoms with Gasteiger partial charge in [0.1, 0.15) is 0 Å². The third-order valence-electron chi connectivity index (χ3n) is 1.66. The van der Waals surface area contributed by atoms with E-state index in [1.54, 1.807) is 0 Å². The zero-order chi connectivity index (χ0) is 11.6. The number of benzene rings is 1. The van der Waals surface area contributed by atoms with Crippen LogP contribution in [0.25, 0.3) is 6.08 Å². The maximum absolute atomic E-state index is 12.9. The molecule has 0 heterocycles. The summed E-state index contributed by atoms with van der Waals surface area (Å²) in [6, 6.07) is 0. The van der Waals surface area contributed by atoms with Crippen molar-refractivity contribution in [3.8, 4) is 0 Å². The van der Waals surface area contributed by atoms with E-state index >= 15 is 0 Å². The first-order chi connectivity index (χ1) is 7.00. The van der Waals surface area contributed by atoms with Crippen LogP contribution < -0.4 is 5.73 Å². The third kappa shape index (κ3) is 1.99. The summed E-state index contributed by atoms with van der Waals surface area (Å²) in [5.41, 5.74) is 4.00. The van der Waals surface area contributed by atoms with Gasteiger partial charge in [0, 0.05) is 6.54 Å². The van der Waals surface area contributed by atoms with Crippen molar-refractivity contribution < 1.29 is 22.0 Å². The largest absolute Gasteiger partial charge is 0.327 e. The molecule has 0 saturated heterocycles. The van der Waals surface area contributed by atoms with Crippen molar-refractivity contribution in [2.75, 3.05) is 6.54 Å². The van der Waals surface area contributed by atoms with Crippen molar-refractivity contribution in [1.29, 1.82) is 0 Å². The molecule has 1 nitrogen and oxygen atoms in total. The van der Waals surface area contributed by atoms with Gasteiger partial charge in [0.2, 0.25) is 5.82 Å². The minimum atomic E-state index is -2.17. The van der Waals surface area contributed by atoms with Gasteiger partial charge in [-0.15, -0.1) is 0 Å². The Morgan fingerprint density at radius 3 is 1.60 bits per heavy atom. The number of hydrogen-bond donors (Lipinski definition) is 1. The molecule has 0 atom stereocenters. The number of nitrogens with two attached hydrogens (primary N) is 1. The van der Waals surface area contributed by atoms with Crippen molar-refractivity contribution in [2.24, 2.45) is 5.73 Å². The van der Waals surface area contributed by atoms with Crippen LogP contribution in [0.15, 0.2) is 6.08 Å². The molecule has 2 N–H and O–H groups in total. The third-order valence-corrected chi connectivity index (χ3v) is 1.66. The summed E-state index contributed by atoms with van der Waals surface area (Å²) in [6.45, 7) is -0.0699. The lowest BCUT2D eigenvalue weighted by Crippen LogP contribution is -2.04. The maximum Gasteiger partial charge on any atom is 0.200 e. The molecule has 15 heavy (non-hydrogen) atoms. The first-order valence-electron chi connectivity index (χ1n) is 3.88. The molecule has 1 aromatic rings. The molecule has 0 bridgehead atoms. The zero-order valence-electron chi connectivity index (χ0n) is 7.33. The van der Waals surface area contributed by atoms with Crippen molar-refractivity contribution in [3.05, 3.63) is 40.7 Å². The van der Waals surface area contributed by atoms with Gasteiger partial charge in [-0.2, -0.15) is 0 Å². The summed E-state index contributed by atoms with van der Waals surface area (Å²) in [5, 5.41) is 0. The molecule has 0 aromatic heterocycles. The van der Waals surface area contributed by atoms with Gasteiger partial charge in [-0.25, -0.2) is 22.0 Å². The van der Waals surface area contributed by atoms with Gasteiger partial charge in [-0.1, -0.05) is 12.2 Å². The summed E-state index contributed by atoms with van der Waals surface area (Å²) in [6.07, 6.45) is 1.83. The summed E-state index contributed by atoms with van der Waals surface area (Å²) in [7, 11) is 0. The van der Waals surface area contributed by atoms with Crippen LogP contribution in [0.2, 0.25) is 0 Å². The Labute approximate surface area is 82.0 Å². The monoisotopic (exact) mass is 223 g/mol. The first-order valence-corrected chi connectivity index (χ1v) is 3.88. The Hall–Kier alpha value is -1.43. The maximum atomic E-state index is 12.9. The lowest BCUT2D eigenvalue weighted by molar-refractivity contribution is 0.377. The van der Waals surface area contributed by atoms with E-state index < -0.39 is 34.6 Å². The van der Waals surface area contributed by atoms with Crippen LogP contribution in [0.1, 0.15) is 5.56 Å². The smallest absolute Gasteiger partial charge is 0.200 e. The molecule has 1 rings (SSSR count). The van der Waals surface area contributed by atoms with Gasteiger partial charge in [0.05, 0.1) is 5.56 Å². The normalized spacial score (nSPS) is 11.3. The number of halogens is 5. The fraction of sp³-hybridized carbons (Fsp3) is 0.111. The van der Waals surface area contributed by atoms with Gasteiger partial charge in [0.25, 0.3) is 0 Å². The molecule has 0 amide bonds. The molecule has 6 heteroatoms. The lowest BCUT2D eigenvalue weighted by atomic mass is 10.1. The van der Waals surface area contributed by atoms with Crippen LogP contribution in [-0.4, -0.2) is 6.54 Å². The van der Waals surface area contributed by atoms with E-state index in [2.05, 4.69) is 0 Å². The second kappa shape index (κ2) is 4.39. The summed E-state index contributed by atoms with van der Waals surface area (Å²) in [4.78, 5) is 0. The molecule has 1 aromatic carbocycles. The van der Waals surface area contributed by atoms with Gasteiger partial charge in [0.15, 0.2) is 23.3 Å². The van der Waals surface area contributed by atoms with E-state index in [9.17, 15) is 22.0 Å². The Morgan fingerprint density at radius 2 is 1.20 bits per heavy atom. The minimum absolute atomic E-state index is 0.0699. The standard InChI is InChI=1S/C9H6F5N/c10-5-4(2-1-3-15)6(11)8(13)9(14)7(5)12/h1-2H,3,15H2. The summed E-state index contributed by atoms with van der Waals surface area (Å²) < 4.78 is 63.6. The van der Waals surface area contributed by atoms with Crippen molar-refractivity contribution in [2.45, 2.75) is 0 Å². The molecule has 82 valence electrons. The Morgan fingerprint density at radius 1 is 0.800 bits per heavy atom. The Balaban J connectivity index is 3.45. The molecule has 0 aliphatic heterocycles. The molecule has 0 spiro atoms. The second-order valence-electron chi connectivity index (χ2n) is 2.62. The van der Waals surface area contributed by atoms with Gasteiger partial charge >= 0.3 is 0 Å². The molecule has 0 fully saturated rings. The van der Waals surface area contributed by atoms with Crippen molar-refractivity contribution in [1.82, 2.24) is 0 Å². The highest BCUT2D eigenvalue weighted by atomic mass is 19.2. The van der Waals surface area contributed by atoms with Crippen LogP contribution >= 0.6 is 0 Å². The van der Waals surface area contributed by atoms with Crippen molar-refractivity contribution in [3.63, 3.8) is 0 Å². The fourth-order valence-electron chi connectivity index (χ4n) is 0.954. The van der Waals surface area contributed by atoms with E-state index in [1.807, 2.05) is 0 Å². The predicted molar refractivity (Wildman–Crippen MR) is 44.3 cm³/mol. The summed E-state index contributed by atoms with van der Waals surface area (Å²) >= 11 is 0. The number of hydrogen-bond acceptors (Lipinski definition) is 1. The van der Waals surface area contributed by atoms with E-state index in [0.717, 1.165) is 12.2 Å². The van der Waals surface area contributed by atoms with Crippen LogP contribution in [0.4, 0.5) is 22.0 Å². The van der Waals surface area contributed by atoms with Gasteiger partial charge < -0.3 is 5.73 Å². The average molecular weight is 223 g/mol. The van der Waals surface area contributed by atoms with E-state index in [1.165, 1.54) is 0 Å². The first kappa shape index (κ1) is 11.6. The quantitative estimate of drug-likeness (QED) is 0.465. The zero-order valence-corrected chi connectivity index (χ0v) is 7.33. The van der Waals surface area contributed by atoms with E-state index in [4.69, 9.17) is 5.73 Å². The van der Waals surface area contributed by atoms with E-state index in [-0.39, 0.29) is 6.54 Å². The molecule has 0 aliphatic rings. The van der Waals surface area contributed by atoms with Crippen molar-refractivity contribution >= 4 is 6.08 Å². The minimum Gasteiger partial charge on any atom is -0.327 e. The van der Waals surface area contributed by atoms with Crippen LogP contribution in [-0.2, 0) is 0 Å². The SMILES string of the molecule is NCC=Cc1c(F)c(F)c(F)c(F)c1F. The van der Waals surface area contributed by atoms with Crippen LogP contribution in [0, 0.1) is 29.1 Å². The van der Waals surface area contributed by atoms with Gasteiger partial charge in [-0.3, -0.25) is 0 Å². The highest BCUT2D eigenvalue weighted by Crippen LogP contribution is 2.23. The fourth-order valence-corrected chi connectivity index (χ4v) is 0.954. The molecule has 0 radical (unpaired) electrons. The second-order valence-corrected chi connectivity index (χ2v) is 2.62. The Kier molecular flexibility index (Phi) is 3.41. The Bertz CT molecular complexity index is 384. The number of rotatable bonds is 2. The summed E-state index contributed by atoms with van der Waals surface area (Å²) in [5.74, 6) is -9.83. The molecule has 0 unspecified atom stereocenters. The molecular weight excluding hydrogens is 217 g/mol. The molecule has 0 saturated carbocycles. The van der Waals surface area contributed by atoms with Crippen LogP contribution in [0.3, 0.4) is 0 Å². The molecule has 0 aliphatic carbocycles. The lowest BCUT2D eigenvalue weighted by Gasteiger charge is -2.03. The average Bonchev–Trinajstić information content (AvgIpc) is 2.24. The highest BCUT2D eigenvalue weighted by molar-refractivity contribution is 5.51. The van der Waals surface area contributed by atoms with Crippen LogP contribution in [0.5, 0.6) is 0 Å². The van der Waals surface area contributed by atoms with Gasteiger partial charge in [-0.05, 0) is 0 Å². The van der Waals surface area contributed by atoms with E-state index in [0.29, 0.717) is 0 Å². The topological polar surface area (TPSA) is 26.0 Å². The molecular formula is C9H6F5N. The predicted octanol–water partition coefficient (Wildman–Crippen LogP) is 2.35.